The second-order valence-electron chi connectivity index (χ2n) is 6.73. The molecule has 3 aromatic rings. The van der Waals surface area contributed by atoms with Crippen LogP contribution in [0, 0.1) is 21.4 Å². The summed E-state index contributed by atoms with van der Waals surface area (Å²) < 4.78 is 5.47. The number of nitro benzene ring substituents is 1. The molecular weight excluding hydrogens is 420 g/mol. The molecule has 0 atom stereocenters. The molecule has 158 valence electrons. The second kappa shape index (κ2) is 9.32. The van der Waals surface area contributed by atoms with Gasteiger partial charge in [0.2, 0.25) is 5.75 Å². The highest BCUT2D eigenvalue weighted by molar-refractivity contribution is 6.30. The van der Waals surface area contributed by atoms with Crippen molar-refractivity contribution in [3.05, 3.63) is 63.2 Å². The van der Waals surface area contributed by atoms with Crippen LogP contribution in [-0.2, 0) is 0 Å². The van der Waals surface area contributed by atoms with Gasteiger partial charge in [-0.25, -0.2) is 4.98 Å². The Bertz CT molecular complexity index is 1170. The number of nitrogen functional groups attached to an aromatic ring is 1. The van der Waals surface area contributed by atoms with Gasteiger partial charge < -0.3 is 15.6 Å². The van der Waals surface area contributed by atoms with Crippen molar-refractivity contribution >= 4 is 23.1 Å². The summed E-state index contributed by atoms with van der Waals surface area (Å²) in [5.41, 5.74) is 7.25. The van der Waals surface area contributed by atoms with Gasteiger partial charge in [0.1, 0.15) is 23.2 Å². The van der Waals surface area contributed by atoms with Crippen molar-refractivity contribution in [2.24, 2.45) is 0 Å². The lowest BCUT2D eigenvalue weighted by Crippen LogP contribution is -2.02. The molecule has 31 heavy (non-hydrogen) atoms. The number of nitriles is 1. The first-order valence-electron chi connectivity index (χ1n) is 9.46. The number of nitrogens with two attached hydrogens (primary N) is 1. The van der Waals surface area contributed by atoms with Crippen molar-refractivity contribution in [1.29, 1.82) is 5.26 Å². The third-order valence-corrected chi connectivity index (χ3v) is 4.87. The first-order valence-corrected chi connectivity index (χ1v) is 9.84. The topological polar surface area (TPSA) is 135 Å². The van der Waals surface area contributed by atoms with Gasteiger partial charge in [-0.3, -0.25) is 10.1 Å². The number of anilines is 1. The van der Waals surface area contributed by atoms with Gasteiger partial charge in [-0.05, 0) is 30.2 Å². The van der Waals surface area contributed by atoms with Gasteiger partial charge in [0, 0.05) is 28.3 Å². The van der Waals surface area contributed by atoms with E-state index in [-0.39, 0.29) is 39.8 Å². The molecule has 0 aliphatic rings. The van der Waals surface area contributed by atoms with Crippen LogP contribution < -0.4 is 10.5 Å². The highest BCUT2D eigenvalue weighted by Crippen LogP contribution is 2.41. The van der Waals surface area contributed by atoms with E-state index in [4.69, 9.17) is 22.1 Å². The molecule has 1 heterocycles. The number of unbranched alkanes of at least 4 members (excludes halogenated alkanes) is 1. The molecule has 8 nitrogen and oxygen atoms in total. The first-order chi connectivity index (χ1) is 14.8. The maximum Gasteiger partial charge on any atom is 0.311 e. The van der Waals surface area contributed by atoms with E-state index in [1.165, 1.54) is 12.1 Å². The number of aromatic nitrogens is 1. The zero-order valence-electron chi connectivity index (χ0n) is 16.6. The number of halogens is 1. The molecule has 0 saturated heterocycles. The van der Waals surface area contributed by atoms with E-state index in [0.717, 1.165) is 12.8 Å². The fourth-order valence-corrected chi connectivity index (χ4v) is 3.15. The van der Waals surface area contributed by atoms with Crippen LogP contribution in [0.3, 0.4) is 0 Å². The van der Waals surface area contributed by atoms with E-state index in [1.807, 2.05) is 13.0 Å². The number of aromatic hydroxyl groups is 1. The Morgan fingerprint density at radius 2 is 1.97 bits per heavy atom. The minimum Gasteiger partial charge on any atom is -0.507 e. The van der Waals surface area contributed by atoms with Crippen LogP contribution in [0.15, 0.2) is 42.5 Å². The van der Waals surface area contributed by atoms with Crippen molar-refractivity contribution in [3.8, 4) is 40.0 Å². The van der Waals surface area contributed by atoms with E-state index >= 15 is 0 Å². The molecule has 3 rings (SSSR count). The van der Waals surface area contributed by atoms with Crippen LogP contribution in [0.2, 0.25) is 5.02 Å². The summed E-state index contributed by atoms with van der Waals surface area (Å²) in [5.74, 6) is -0.342. The fourth-order valence-electron chi connectivity index (χ4n) is 3.02. The van der Waals surface area contributed by atoms with Crippen molar-refractivity contribution in [2.75, 3.05) is 12.3 Å². The van der Waals surface area contributed by atoms with Crippen molar-refractivity contribution in [3.63, 3.8) is 0 Å². The van der Waals surface area contributed by atoms with Crippen LogP contribution in [0.5, 0.6) is 11.5 Å². The lowest BCUT2D eigenvalue weighted by molar-refractivity contribution is -0.385. The summed E-state index contributed by atoms with van der Waals surface area (Å²) >= 11 is 5.95. The maximum atomic E-state index is 11.6. The zero-order chi connectivity index (χ0) is 22.5. The number of ether oxygens (including phenoxy) is 1. The monoisotopic (exact) mass is 438 g/mol. The normalized spacial score (nSPS) is 10.5. The molecule has 0 radical (unpaired) electrons. The summed E-state index contributed by atoms with van der Waals surface area (Å²) in [7, 11) is 0. The Morgan fingerprint density at radius 1 is 1.26 bits per heavy atom. The number of nitrogens with zero attached hydrogens (tertiary/aromatic N) is 3. The molecule has 0 aliphatic heterocycles. The molecule has 0 saturated carbocycles. The third-order valence-electron chi connectivity index (χ3n) is 4.62. The van der Waals surface area contributed by atoms with Crippen LogP contribution in [0.4, 0.5) is 11.5 Å². The summed E-state index contributed by atoms with van der Waals surface area (Å²) in [6, 6.07) is 12.7. The van der Waals surface area contributed by atoms with Gasteiger partial charge in [0.25, 0.3) is 0 Å². The van der Waals surface area contributed by atoms with Crippen molar-refractivity contribution in [2.45, 2.75) is 19.8 Å². The average Bonchev–Trinajstić information content (AvgIpc) is 2.74. The zero-order valence-corrected chi connectivity index (χ0v) is 17.4. The number of phenols is 1. The number of hydrogen-bond acceptors (Lipinski definition) is 7. The summed E-state index contributed by atoms with van der Waals surface area (Å²) in [6.07, 6.45) is 1.58. The average molecular weight is 439 g/mol. The SMILES string of the molecule is CCCCOc1cc(O)c(-c2cc(-c3ccc(Cl)cc3)c(C#N)c(N)n2)cc1[N+](=O)[O-]. The second-order valence-corrected chi connectivity index (χ2v) is 7.17. The molecule has 0 amide bonds. The Kier molecular flexibility index (Phi) is 6.58. The van der Waals surface area contributed by atoms with Gasteiger partial charge in [0.05, 0.1) is 17.2 Å². The Labute approximate surface area is 183 Å². The Balaban J connectivity index is 2.16. The molecule has 2 aromatic carbocycles. The maximum absolute atomic E-state index is 11.6. The predicted molar refractivity (Wildman–Crippen MR) is 118 cm³/mol. The molecule has 0 spiro atoms. The number of benzene rings is 2. The number of phenolic OH excluding ortho intramolecular Hbond substituents is 1. The quantitative estimate of drug-likeness (QED) is 0.289. The smallest absolute Gasteiger partial charge is 0.311 e. The van der Waals surface area contributed by atoms with Gasteiger partial charge in [-0.15, -0.1) is 0 Å². The number of nitro groups is 1. The van der Waals surface area contributed by atoms with Crippen LogP contribution >= 0.6 is 11.6 Å². The highest BCUT2D eigenvalue weighted by atomic mass is 35.5. The van der Waals surface area contributed by atoms with Gasteiger partial charge in [-0.1, -0.05) is 37.1 Å². The molecular formula is C22H19ClN4O4. The van der Waals surface area contributed by atoms with Crippen LogP contribution in [0.25, 0.3) is 22.4 Å². The van der Waals surface area contributed by atoms with E-state index < -0.39 is 4.92 Å². The van der Waals surface area contributed by atoms with Gasteiger partial charge in [0.15, 0.2) is 0 Å². The van der Waals surface area contributed by atoms with Crippen LogP contribution in [0.1, 0.15) is 25.3 Å². The molecule has 9 heteroatoms. The minimum atomic E-state index is -0.586. The Morgan fingerprint density at radius 3 is 2.58 bits per heavy atom. The standard InChI is InChI=1S/C22H19ClN4O4/c1-2-3-8-31-21-11-20(28)16(10-19(21)27(29)30)18-9-15(17(12-24)22(25)26-18)13-4-6-14(23)7-5-13/h4-7,9-11,28H,2-3,8H2,1H3,(H2,25,26). The van der Waals surface area contributed by atoms with Crippen molar-refractivity contribution in [1.82, 2.24) is 4.98 Å². The summed E-state index contributed by atoms with van der Waals surface area (Å²) in [6.45, 7) is 2.26. The summed E-state index contributed by atoms with van der Waals surface area (Å²) in [5, 5.41) is 32.2. The lowest BCUT2D eigenvalue weighted by atomic mass is 9.98. The lowest BCUT2D eigenvalue weighted by Gasteiger charge is -2.13. The molecule has 0 bridgehead atoms. The van der Waals surface area contributed by atoms with E-state index in [9.17, 15) is 20.5 Å². The first kappa shape index (κ1) is 21.9. The number of rotatable bonds is 7. The highest BCUT2D eigenvalue weighted by Gasteiger charge is 2.22. The number of hydrogen-bond donors (Lipinski definition) is 2. The van der Waals surface area contributed by atoms with E-state index in [2.05, 4.69) is 4.98 Å². The summed E-state index contributed by atoms with van der Waals surface area (Å²) in [4.78, 5) is 15.2. The van der Waals surface area contributed by atoms with E-state index in [0.29, 0.717) is 22.8 Å². The number of pyridine rings is 1. The van der Waals surface area contributed by atoms with Crippen molar-refractivity contribution < 1.29 is 14.8 Å². The third kappa shape index (κ3) is 4.68. The molecule has 1 aromatic heterocycles. The molecule has 3 N–H and O–H groups in total. The van der Waals surface area contributed by atoms with Gasteiger partial charge >= 0.3 is 5.69 Å². The predicted octanol–water partition coefficient (Wildman–Crippen LogP) is 5.32. The molecule has 0 fully saturated rings. The van der Waals surface area contributed by atoms with E-state index in [1.54, 1.807) is 30.3 Å². The van der Waals surface area contributed by atoms with Gasteiger partial charge in [-0.2, -0.15) is 5.26 Å². The largest absolute Gasteiger partial charge is 0.507 e. The molecule has 0 aliphatic carbocycles. The fraction of sp³-hybridized carbons (Fsp3) is 0.182. The van der Waals surface area contributed by atoms with Crippen LogP contribution in [-0.4, -0.2) is 21.6 Å². The Hall–Kier alpha value is -3.83. The minimum absolute atomic E-state index is 0.0285. The molecule has 0 unspecified atom stereocenters.